The highest BCUT2D eigenvalue weighted by molar-refractivity contribution is 7.09. The summed E-state index contributed by atoms with van der Waals surface area (Å²) in [6, 6.07) is 9.79. The standard InChI is InChI=1S/C18H13N3O4S/c1-10-9-26-17(20-10)13(7-19)15(22)8-25-18(24)12-6-16(23)21-14-5-3-2-4-11(12)14/h2-6,9,13H,8H2,1H3,(H,21,23)/t13-/m0/s1. The molecule has 0 unspecified atom stereocenters. The van der Waals surface area contributed by atoms with Crippen LogP contribution in [0.15, 0.2) is 40.5 Å². The average Bonchev–Trinajstić information content (AvgIpc) is 3.05. The Kier molecular flexibility index (Phi) is 4.91. The second-order valence-corrected chi connectivity index (χ2v) is 6.41. The van der Waals surface area contributed by atoms with E-state index in [1.807, 2.05) is 6.07 Å². The van der Waals surface area contributed by atoms with E-state index in [9.17, 15) is 19.6 Å². The number of hydrogen-bond donors (Lipinski definition) is 1. The average molecular weight is 367 g/mol. The van der Waals surface area contributed by atoms with Gasteiger partial charge in [0.15, 0.2) is 18.3 Å². The van der Waals surface area contributed by atoms with E-state index in [0.717, 1.165) is 6.07 Å². The van der Waals surface area contributed by atoms with Crippen LogP contribution in [-0.2, 0) is 9.53 Å². The molecule has 0 aliphatic heterocycles. The minimum atomic E-state index is -1.09. The SMILES string of the molecule is Cc1csc([C@@H](C#N)C(=O)COC(=O)c2cc(=O)[nH]c3ccccc23)n1. The van der Waals surface area contributed by atoms with Crippen molar-refractivity contribution >= 4 is 34.0 Å². The first-order chi connectivity index (χ1) is 12.5. The topological polar surface area (TPSA) is 113 Å². The summed E-state index contributed by atoms with van der Waals surface area (Å²) in [5.41, 5.74) is 0.822. The number of Topliss-reactive ketones (excluding diaryl/α,β-unsaturated/α-hetero) is 1. The summed E-state index contributed by atoms with van der Waals surface area (Å²) in [6.07, 6.45) is 0. The fourth-order valence-electron chi connectivity index (χ4n) is 2.44. The minimum absolute atomic E-state index is 0.0655. The van der Waals surface area contributed by atoms with Gasteiger partial charge in [0.05, 0.1) is 11.6 Å². The molecule has 2 aromatic heterocycles. The molecule has 3 rings (SSSR count). The zero-order valence-corrected chi connectivity index (χ0v) is 14.5. The summed E-state index contributed by atoms with van der Waals surface area (Å²) in [6.45, 7) is 1.19. The van der Waals surface area contributed by atoms with Crippen LogP contribution < -0.4 is 5.56 Å². The van der Waals surface area contributed by atoms with E-state index >= 15 is 0 Å². The third-order valence-corrected chi connectivity index (χ3v) is 4.68. The number of thiazole rings is 1. The number of carbonyl (C=O) groups excluding carboxylic acids is 2. The summed E-state index contributed by atoms with van der Waals surface area (Å²) >= 11 is 1.20. The van der Waals surface area contributed by atoms with Crippen LogP contribution in [0.2, 0.25) is 0 Å². The third-order valence-electron chi connectivity index (χ3n) is 3.65. The van der Waals surface area contributed by atoms with Gasteiger partial charge in [0.25, 0.3) is 0 Å². The number of ketones is 1. The van der Waals surface area contributed by atoms with Crippen molar-refractivity contribution < 1.29 is 14.3 Å². The predicted octanol–water partition coefficient (Wildman–Crippen LogP) is 2.33. The second kappa shape index (κ2) is 7.29. The molecule has 7 nitrogen and oxygen atoms in total. The number of rotatable bonds is 5. The first-order valence-corrected chi connectivity index (χ1v) is 8.51. The number of esters is 1. The first kappa shape index (κ1) is 17.5. The van der Waals surface area contributed by atoms with Crippen molar-refractivity contribution in [1.29, 1.82) is 5.26 Å². The normalized spacial score (nSPS) is 11.7. The third kappa shape index (κ3) is 3.53. The van der Waals surface area contributed by atoms with Gasteiger partial charge in [-0.05, 0) is 13.0 Å². The maximum atomic E-state index is 12.3. The number of H-pyrrole nitrogens is 1. The van der Waals surface area contributed by atoms with Gasteiger partial charge < -0.3 is 9.72 Å². The summed E-state index contributed by atoms with van der Waals surface area (Å²) in [7, 11) is 0. The lowest BCUT2D eigenvalue weighted by Gasteiger charge is -2.08. The van der Waals surface area contributed by atoms with Crippen LogP contribution in [0, 0.1) is 18.3 Å². The number of aromatic nitrogens is 2. The quantitative estimate of drug-likeness (QED) is 0.693. The molecule has 26 heavy (non-hydrogen) atoms. The molecule has 0 spiro atoms. The van der Waals surface area contributed by atoms with Crippen LogP contribution in [0.3, 0.4) is 0 Å². The number of nitrogens with one attached hydrogen (secondary N) is 1. The van der Waals surface area contributed by atoms with Gasteiger partial charge in [-0.3, -0.25) is 9.59 Å². The van der Waals surface area contributed by atoms with E-state index in [2.05, 4.69) is 9.97 Å². The maximum Gasteiger partial charge on any atom is 0.339 e. The summed E-state index contributed by atoms with van der Waals surface area (Å²) < 4.78 is 5.05. The highest BCUT2D eigenvalue weighted by Crippen LogP contribution is 2.21. The molecule has 0 saturated heterocycles. The largest absolute Gasteiger partial charge is 0.454 e. The number of para-hydroxylation sites is 1. The Morgan fingerprint density at radius 2 is 2.15 bits per heavy atom. The van der Waals surface area contributed by atoms with Crippen LogP contribution in [0.5, 0.6) is 0 Å². The molecule has 1 atom stereocenters. The van der Waals surface area contributed by atoms with E-state index in [0.29, 0.717) is 21.6 Å². The number of pyridine rings is 1. The van der Waals surface area contributed by atoms with Crippen molar-refractivity contribution in [3.8, 4) is 6.07 Å². The van der Waals surface area contributed by atoms with Crippen molar-refractivity contribution in [2.24, 2.45) is 0 Å². The number of hydrogen-bond acceptors (Lipinski definition) is 7. The van der Waals surface area contributed by atoms with Gasteiger partial charge in [0, 0.05) is 28.0 Å². The molecular formula is C18H13N3O4S. The van der Waals surface area contributed by atoms with Crippen LogP contribution >= 0.6 is 11.3 Å². The number of aromatic amines is 1. The fraction of sp³-hybridized carbons (Fsp3) is 0.167. The van der Waals surface area contributed by atoms with Gasteiger partial charge in [-0.1, -0.05) is 18.2 Å². The van der Waals surface area contributed by atoms with Crippen molar-refractivity contribution in [3.05, 3.63) is 62.3 Å². The summed E-state index contributed by atoms with van der Waals surface area (Å²) in [5, 5.41) is 11.8. The lowest BCUT2D eigenvalue weighted by molar-refractivity contribution is -0.122. The Hall–Kier alpha value is -3.31. The Morgan fingerprint density at radius 3 is 2.85 bits per heavy atom. The summed E-state index contributed by atoms with van der Waals surface area (Å²) in [5.74, 6) is -2.45. The summed E-state index contributed by atoms with van der Waals surface area (Å²) in [4.78, 5) is 43.1. The molecule has 0 aliphatic rings. The zero-order chi connectivity index (χ0) is 18.7. The zero-order valence-electron chi connectivity index (χ0n) is 13.7. The van der Waals surface area contributed by atoms with Crippen LogP contribution in [-0.4, -0.2) is 28.3 Å². The molecule has 0 aliphatic carbocycles. The molecule has 8 heteroatoms. The Morgan fingerprint density at radius 1 is 1.38 bits per heavy atom. The van der Waals surface area contributed by atoms with E-state index in [4.69, 9.17) is 4.74 Å². The fourth-order valence-corrected chi connectivity index (χ4v) is 3.30. The highest BCUT2D eigenvalue weighted by Gasteiger charge is 2.25. The monoisotopic (exact) mass is 367 g/mol. The predicted molar refractivity (Wildman–Crippen MR) is 95.1 cm³/mol. The van der Waals surface area contributed by atoms with Gasteiger partial charge in [-0.2, -0.15) is 5.26 Å². The van der Waals surface area contributed by atoms with Crippen molar-refractivity contribution in [2.75, 3.05) is 6.61 Å². The smallest absolute Gasteiger partial charge is 0.339 e. The van der Waals surface area contributed by atoms with Gasteiger partial charge in [-0.25, -0.2) is 9.78 Å². The van der Waals surface area contributed by atoms with Crippen molar-refractivity contribution in [1.82, 2.24) is 9.97 Å². The van der Waals surface area contributed by atoms with E-state index in [-0.39, 0.29) is 5.56 Å². The van der Waals surface area contributed by atoms with Crippen LogP contribution in [0.4, 0.5) is 0 Å². The van der Waals surface area contributed by atoms with E-state index in [1.165, 1.54) is 11.3 Å². The number of nitrogens with zero attached hydrogens (tertiary/aromatic N) is 2. The van der Waals surface area contributed by atoms with Crippen molar-refractivity contribution in [2.45, 2.75) is 12.8 Å². The number of fused-ring (bicyclic) bond motifs is 1. The minimum Gasteiger partial charge on any atom is -0.454 e. The molecule has 0 radical (unpaired) electrons. The Balaban J connectivity index is 1.78. The Bertz CT molecular complexity index is 1090. The van der Waals surface area contributed by atoms with Crippen LogP contribution in [0.25, 0.3) is 10.9 Å². The molecule has 3 aromatic rings. The number of nitriles is 1. The number of benzene rings is 1. The number of aryl methyl sites for hydroxylation is 1. The van der Waals surface area contributed by atoms with E-state index in [1.54, 1.807) is 36.6 Å². The van der Waals surface area contributed by atoms with E-state index < -0.39 is 29.8 Å². The highest BCUT2D eigenvalue weighted by atomic mass is 32.1. The molecule has 130 valence electrons. The van der Waals surface area contributed by atoms with Gasteiger partial charge in [0.2, 0.25) is 5.56 Å². The molecule has 1 aromatic carbocycles. The maximum absolute atomic E-state index is 12.3. The van der Waals surface area contributed by atoms with Gasteiger partial charge in [0.1, 0.15) is 5.01 Å². The molecule has 2 heterocycles. The second-order valence-electron chi connectivity index (χ2n) is 5.52. The molecule has 1 N–H and O–H groups in total. The number of carbonyl (C=O) groups is 2. The van der Waals surface area contributed by atoms with Crippen molar-refractivity contribution in [3.63, 3.8) is 0 Å². The molecule has 0 saturated carbocycles. The molecule has 0 amide bonds. The lowest BCUT2D eigenvalue weighted by Crippen LogP contribution is -2.21. The van der Waals surface area contributed by atoms with Crippen LogP contribution in [0.1, 0.15) is 27.0 Å². The molecule has 0 fully saturated rings. The van der Waals surface area contributed by atoms with Gasteiger partial charge >= 0.3 is 5.97 Å². The van der Waals surface area contributed by atoms with Gasteiger partial charge in [-0.15, -0.1) is 11.3 Å². The first-order valence-electron chi connectivity index (χ1n) is 7.63. The molecular weight excluding hydrogens is 354 g/mol. The Labute approximate surface area is 151 Å². The number of ether oxygens (including phenoxy) is 1. The molecule has 0 bridgehead atoms. The lowest BCUT2D eigenvalue weighted by atomic mass is 10.1.